The van der Waals surface area contributed by atoms with Crippen LogP contribution < -0.4 is 18.9 Å². The van der Waals surface area contributed by atoms with Gasteiger partial charge in [0.1, 0.15) is 0 Å². The number of carbonyl (C=O) groups excluding carboxylic acids is 1. The molecule has 2 N–H and O–H groups in total. The zero-order chi connectivity index (χ0) is 21.3. The lowest BCUT2D eigenvalue weighted by Gasteiger charge is -2.13. The molecule has 0 bridgehead atoms. The fraction of sp³-hybridized carbons (Fsp3) is 0.136. The van der Waals surface area contributed by atoms with Crippen LogP contribution in [0.5, 0.6) is 23.0 Å². The quantitative estimate of drug-likeness (QED) is 0.353. The van der Waals surface area contributed by atoms with Gasteiger partial charge in [-0.1, -0.05) is 12.1 Å². The van der Waals surface area contributed by atoms with Crippen molar-refractivity contribution in [3.63, 3.8) is 0 Å². The number of ketones is 1. The van der Waals surface area contributed by atoms with E-state index in [2.05, 4.69) is 0 Å². The van der Waals surface area contributed by atoms with Crippen LogP contribution in [0.3, 0.4) is 0 Å². The largest absolute Gasteiger partial charge is 0.505 e. The Balaban J connectivity index is 1.63. The molecule has 30 heavy (non-hydrogen) atoms. The Bertz CT molecular complexity index is 1120. The van der Waals surface area contributed by atoms with Crippen LogP contribution >= 0.6 is 11.3 Å². The molecule has 0 amide bonds. The van der Waals surface area contributed by atoms with Gasteiger partial charge in [0.05, 0.1) is 14.2 Å². The molecule has 0 radical (unpaired) electrons. The number of fused-ring (bicyclic) bond motifs is 1. The van der Waals surface area contributed by atoms with E-state index in [4.69, 9.17) is 18.9 Å². The van der Waals surface area contributed by atoms with E-state index in [0.29, 0.717) is 17.1 Å². The standard InChI is InChI=1S/C22H18O7S/c1-26-19-11-13(10-15(21(19)27-2)20-4-3-9-30-20)5-7-16(23)14-6-8-17-18(12-14)29-22(24,25)28-17/h3-12,24-25H,1-2H3/b7-5+. The zero-order valence-electron chi connectivity index (χ0n) is 16.1. The molecule has 2 aromatic carbocycles. The van der Waals surface area contributed by atoms with Gasteiger partial charge in [0.2, 0.25) is 0 Å². The summed E-state index contributed by atoms with van der Waals surface area (Å²) in [7, 11) is 3.14. The van der Waals surface area contributed by atoms with E-state index in [-0.39, 0.29) is 17.3 Å². The topological polar surface area (TPSA) is 94.5 Å². The normalized spacial score (nSPS) is 14.1. The van der Waals surface area contributed by atoms with E-state index >= 15 is 0 Å². The molecular weight excluding hydrogens is 408 g/mol. The van der Waals surface area contributed by atoms with Crippen LogP contribution in [0.1, 0.15) is 15.9 Å². The first-order valence-electron chi connectivity index (χ1n) is 8.89. The van der Waals surface area contributed by atoms with Crippen molar-refractivity contribution in [1.82, 2.24) is 0 Å². The Hall–Kier alpha value is -3.33. The lowest BCUT2D eigenvalue weighted by molar-refractivity contribution is -0.385. The van der Waals surface area contributed by atoms with Crippen LogP contribution in [0.2, 0.25) is 0 Å². The van der Waals surface area contributed by atoms with Gasteiger partial charge >= 0.3 is 6.16 Å². The van der Waals surface area contributed by atoms with Gasteiger partial charge < -0.3 is 18.9 Å². The third kappa shape index (κ3) is 3.88. The maximum atomic E-state index is 12.6. The highest BCUT2D eigenvalue weighted by Crippen LogP contribution is 2.41. The molecule has 0 unspecified atom stereocenters. The Morgan fingerprint density at radius 2 is 1.87 bits per heavy atom. The minimum Gasteiger partial charge on any atom is -0.493 e. The van der Waals surface area contributed by atoms with Crippen molar-refractivity contribution in [2.24, 2.45) is 0 Å². The number of ether oxygens (including phenoxy) is 4. The minimum atomic E-state index is -2.72. The monoisotopic (exact) mass is 426 g/mol. The summed E-state index contributed by atoms with van der Waals surface area (Å²) in [5.74, 6) is 1.10. The second kappa shape index (κ2) is 7.83. The lowest BCUT2D eigenvalue weighted by atomic mass is 10.0. The Kier molecular flexibility index (Phi) is 5.21. The average molecular weight is 426 g/mol. The number of carbonyl (C=O) groups is 1. The molecule has 8 heteroatoms. The summed E-state index contributed by atoms with van der Waals surface area (Å²) in [4.78, 5) is 13.6. The van der Waals surface area contributed by atoms with Crippen molar-refractivity contribution in [2.45, 2.75) is 6.16 Å². The Morgan fingerprint density at radius 3 is 2.57 bits per heavy atom. The van der Waals surface area contributed by atoms with E-state index in [1.165, 1.54) is 24.3 Å². The summed E-state index contributed by atoms with van der Waals surface area (Å²) in [6, 6.07) is 12.0. The van der Waals surface area contributed by atoms with Crippen molar-refractivity contribution >= 4 is 23.2 Å². The van der Waals surface area contributed by atoms with E-state index in [1.807, 2.05) is 23.6 Å². The van der Waals surface area contributed by atoms with Gasteiger partial charge in [0, 0.05) is 16.0 Å². The van der Waals surface area contributed by atoms with E-state index in [9.17, 15) is 15.0 Å². The van der Waals surface area contributed by atoms with Gasteiger partial charge in [-0.3, -0.25) is 15.0 Å². The molecule has 0 fully saturated rings. The van der Waals surface area contributed by atoms with E-state index in [0.717, 1.165) is 16.0 Å². The summed E-state index contributed by atoms with van der Waals surface area (Å²) in [6.07, 6.45) is 0.369. The maximum Gasteiger partial charge on any atom is 0.505 e. The fourth-order valence-electron chi connectivity index (χ4n) is 3.10. The molecule has 0 spiro atoms. The fourth-order valence-corrected chi connectivity index (χ4v) is 3.84. The van der Waals surface area contributed by atoms with Crippen molar-refractivity contribution in [2.75, 3.05) is 14.2 Å². The molecule has 154 valence electrons. The third-order valence-corrected chi connectivity index (χ3v) is 5.33. The van der Waals surface area contributed by atoms with Crippen LogP contribution in [0.15, 0.2) is 53.9 Å². The summed E-state index contributed by atoms with van der Waals surface area (Å²) in [5, 5.41) is 20.7. The number of allylic oxidation sites excluding steroid dienone is 1. The number of methoxy groups -OCH3 is 2. The molecule has 0 atom stereocenters. The third-order valence-electron chi connectivity index (χ3n) is 4.43. The van der Waals surface area contributed by atoms with Crippen molar-refractivity contribution in [3.05, 3.63) is 65.0 Å². The molecule has 0 saturated carbocycles. The zero-order valence-corrected chi connectivity index (χ0v) is 16.9. The molecule has 1 aliphatic rings. The van der Waals surface area contributed by atoms with Gasteiger partial charge in [-0.05, 0) is 53.4 Å². The summed E-state index contributed by atoms with van der Waals surface area (Å²) >= 11 is 1.57. The lowest BCUT2D eigenvalue weighted by Crippen LogP contribution is -2.37. The van der Waals surface area contributed by atoms with Gasteiger partial charge in [-0.2, -0.15) is 0 Å². The molecule has 0 saturated heterocycles. The van der Waals surface area contributed by atoms with Crippen molar-refractivity contribution < 1.29 is 34.0 Å². The Labute approximate surface area is 176 Å². The van der Waals surface area contributed by atoms with Crippen molar-refractivity contribution in [3.8, 4) is 33.4 Å². The number of hydrogen-bond donors (Lipinski definition) is 2. The van der Waals surface area contributed by atoms with Crippen LogP contribution in [-0.2, 0) is 0 Å². The molecular formula is C22H18O7S. The van der Waals surface area contributed by atoms with Gasteiger partial charge in [-0.25, -0.2) is 0 Å². The number of hydrogen-bond acceptors (Lipinski definition) is 8. The smallest absolute Gasteiger partial charge is 0.493 e. The second-order valence-corrected chi connectivity index (χ2v) is 7.34. The molecule has 7 nitrogen and oxygen atoms in total. The van der Waals surface area contributed by atoms with Gasteiger partial charge in [0.25, 0.3) is 0 Å². The number of rotatable bonds is 6. The van der Waals surface area contributed by atoms with Crippen LogP contribution in [-0.4, -0.2) is 36.4 Å². The van der Waals surface area contributed by atoms with Gasteiger partial charge in [0.15, 0.2) is 28.8 Å². The summed E-state index contributed by atoms with van der Waals surface area (Å²) < 4.78 is 20.6. The molecule has 1 aliphatic heterocycles. The number of benzene rings is 2. The highest BCUT2D eigenvalue weighted by molar-refractivity contribution is 7.13. The SMILES string of the molecule is COc1cc(/C=C/C(=O)c2ccc3c(c2)OC(O)(O)O3)cc(-c2cccs2)c1OC. The van der Waals surface area contributed by atoms with Gasteiger partial charge in [-0.15, -0.1) is 11.3 Å². The Morgan fingerprint density at radius 1 is 1.07 bits per heavy atom. The highest BCUT2D eigenvalue weighted by atomic mass is 32.1. The molecule has 4 rings (SSSR count). The first-order valence-corrected chi connectivity index (χ1v) is 9.77. The predicted molar refractivity (Wildman–Crippen MR) is 111 cm³/mol. The second-order valence-electron chi connectivity index (χ2n) is 6.39. The summed E-state index contributed by atoms with van der Waals surface area (Å²) in [6.45, 7) is 0. The van der Waals surface area contributed by atoms with E-state index < -0.39 is 6.16 Å². The first kappa shape index (κ1) is 20.0. The number of aliphatic hydroxyl groups is 2. The molecule has 2 heterocycles. The average Bonchev–Trinajstić information content (AvgIpc) is 3.36. The molecule has 1 aromatic heterocycles. The first-order chi connectivity index (χ1) is 14.4. The number of thiophene rings is 1. The maximum absolute atomic E-state index is 12.6. The molecule has 0 aliphatic carbocycles. The van der Waals surface area contributed by atoms with Crippen LogP contribution in [0.25, 0.3) is 16.5 Å². The van der Waals surface area contributed by atoms with Crippen LogP contribution in [0, 0.1) is 0 Å². The predicted octanol–water partition coefficient (Wildman–Crippen LogP) is 3.70. The minimum absolute atomic E-state index is 0.0744. The highest BCUT2D eigenvalue weighted by Gasteiger charge is 2.38. The van der Waals surface area contributed by atoms with E-state index in [1.54, 1.807) is 37.7 Å². The molecule has 3 aromatic rings. The van der Waals surface area contributed by atoms with Crippen molar-refractivity contribution in [1.29, 1.82) is 0 Å². The van der Waals surface area contributed by atoms with Crippen LogP contribution in [0.4, 0.5) is 0 Å². The summed E-state index contributed by atoms with van der Waals surface area (Å²) in [5.41, 5.74) is 1.93.